The lowest BCUT2D eigenvalue weighted by Gasteiger charge is -2.09. The Bertz CT molecular complexity index is 678. The second-order valence-electron chi connectivity index (χ2n) is 4.30. The third kappa shape index (κ3) is 3.38. The number of hydrogen-bond donors (Lipinski definition) is 2. The smallest absolute Gasteiger partial charge is 0.353 e. The fraction of sp³-hybridized carbons (Fsp3) is 0.231. The Hall–Kier alpha value is -2.41. The second-order valence-corrected chi connectivity index (χ2v) is 4.70. The summed E-state index contributed by atoms with van der Waals surface area (Å²) >= 11 is 6.04. The number of hydrogen-bond acceptors (Lipinski definition) is 6. The lowest BCUT2D eigenvalue weighted by atomic mass is 10.2. The van der Waals surface area contributed by atoms with Gasteiger partial charge in [0.1, 0.15) is 6.33 Å². The lowest BCUT2D eigenvalue weighted by Crippen LogP contribution is -2.07. The number of benzene rings is 1. The van der Waals surface area contributed by atoms with Gasteiger partial charge in [-0.1, -0.05) is 17.7 Å². The first kappa shape index (κ1) is 15.0. The molecule has 0 unspecified atom stereocenters. The third-order valence-corrected chi connectivity index (χ3v) is 3.19. The van der Waals surface area contributed by atoms with E-state index >= 15 is 0 Å². The number of halogens is 1. The molecule has 0 atom stereocenters. The van der Waals surface area contributed by atoms with Crippen LogP contribution in [0.4, 0.5) is 23.0 Å². The Labute approximate surface area is 126 Å². The Morgan fingerprint density at radius 1 is 1.33 bits per heavy atom. The number of aryl methyl sites for hydroxylation is 1. The van der Waals surface area contributed by atoms with E-state index in [1.165, 1.54) is 6.33 Å². The summed E-state index contributed by atoms with van der Waals surface area (Å²) in [6.07, 6.45) is 1.27. The first-order chi connectivity index (χ1) is 10.0. The average Bonchev–Trinajstić information content (AvgIpc) is 2.43. The maximum Gasteiger partial charge on any atom is 0.353 e. The molecule has 1 aromatic carbocycles. The normalized spacial score (nSPS) is 10.2. The summed E-state index contributed by atoms with van der Waals surface area (Å²) in [6.45, 7) is 4.23. The predicted octanol–water partition coefficient (Wildman–Crippen LogP) is 3.52. The molecule has 21 heavy (non-hydrogen) atoms. The van der Waals surface area contributed by atoms with E-state index in [4.69, 9.17) is 11.6 Å². The van der Waals surface area contributed by atoms with Crippen LogP contribution in [0.15, 0.2) is 24.5 Å². The van der Waals surface area contributed by atoms with Crippen molar-refractivity contribution in [3.05, 3.63) is 45.2 Å². The Kier molecular flexibility index (Phi) is 4.54. The Balaban J connectivity index is 2.41. The van der Waals surface area contributed by atoms with Gasteiger partial charge >= 0.3 is 5.69 Å². The molecule has 0 saturated carbocycles. The summed E-state index contributed by atoms with van der Waals surface area (Å²) in [4.78, 5) is 18.6. The molecule has 0 aliphatic carbocycles. The molecule has 2 rings (SSSR count). The van der Waals surface area contributed by atoms with Gasteiger partial charge in [0.2, 0.25) is 11.6 Å². The molecule has 110 valence electrons. The van der Waals surface area contributed by atoms with Crippen molar-refractivity contribution in [2.45, 2.75) is 13.8 Å². The minimum atomic E-state index is -0.518. The zero-order valence-corrected chi connectivity index (χ0v) is 12.3. The van der Waals surface area contributed by atoms with Crippen molar-refractivity contribution >= 4 is 34.6 Å². The molecule has 0 saturated heterocycles. The van der Waals surface area contributed by atoms with Crippen molar-refractivity contribution in [2.75, 3.05) is 17.2 Å². The minimum Gasteiger partial charge on any atom is -0.364 e. The van der Waals surface area contributed by atoms with E-state index in [2.05, 4.69) is 20.6 Å². The van der Waals surface area contributed by atoms with Crippen LogP contribution in [0.1, 0.15) is 12.5 Å². The topological polar surface area (TPSA) is 93.0 Å². The van der Waals surface area contributed by atoms with Crippen molar-refractivity contribution in [1.82, 2.24) is 9.97 Å². The van der Waals surface area contributed by atoms with Crippen molar-refractivity contribution in [3.8, 4) is 0 Å². The van der Waals surface area contributed by atoms with Crippen molar-refractivity contribution < 1.29 is 4.92 Å². The molecule has 0 aliphatic rings. The number of rotatable bonds is 5. The van der Waals surface area contributed by atoms with E-state index < -0.39 is 4.92 Å². The Morgan fingerprint density at radius 2 is 2.05 bits per heavy atom. The van der Waals surface area contributed by atoms with Crippen LogP contribution in [0.3, 0.4) is 0 Å². The molecule has 0 spiro atoms. The molecular formula is C13H14ClN5O2. The van der Waals surface area contributed by atoms with Gasteiger partial charge in [-0.05, 0) is 31.5 Å². The molecule has 1 aromatic heterocycles. The molecule has 0 radical (unpaired) electrons. The van der Waals surface area contributed by atoms with Gasteiger partial charge in [-0.15, -0.1) is 0 Å². The van der Waals surface area contributed by atoms with Gasteiger partial charge in [0, 0.05) is 17.3 Å². The first-order valence-corrected chi connectivity index (χ1v) is 6.67. The van der Waals surface area contributed by atoms with Crippen LogP contribution in [-0.4, -0.2) is 21.4 Å². The summed E-state index contributed by atoms with van der Waals surface area (Å²) in [5, 5.41) is 17.6. The van der Waals surface area contributed by atoms with Crippen LogP contribution in [0.25, 0.3) is 0 Å². The number of aromatic nitrogens is 2. The molecule has 0 bridgehead atoms. The van der Waals surface area contributed by atoms with Crippen LogP contribution in [-0.2, 0) is 0 Å². The maximum atomic E-state index is 11.2. The van der Waals surface area contributed by atoms with Crippen LogP contribution < -0.4 is 10.6 Å². The Morgan fingerprint density at radius 3 is 2.67 bits per heavy atom. The number of nitrogens with one attached hydrogen (secondary N) is 2. The summed E-state index contributed by atoms with van der Waals surface area (Å²) in [5.74, 6) is 0.295. The van der Waals surface area contributed by atoms with Gasteiger partial charge in [-0.3, -0.25) is 10.1 Å². The zero-order valence-electron chi connectivity index (χ0n) is 11.6. The highest BCUT2D eigenvalue weighted by atomic mass is 35.5. The van der Waals surface area contributed by atoms with E-state index in [1.54, 1.807) is 12.1 Å². The fourth-order valence-electron chi connectivity index (χ4n) is 1.75. The van der Waals surface area contributed by atoms with Crippen molar-refractivity contribution in [2.24, 2.45) is 0 Å². The molecular weight excluding hydrogens is 294 g/mol. The predicted molar refractivity (Wildman–Crippen MR) is 82.3 cm³/mol. The van der Waals surface area contributed by atoms with Gasteiger partial charge in [-0.25, -0.2) is 9.97 Å². The standard InChI is InChI=1S/C13H14ClN5O2/c1-3-15-12-11(19(20)21)13(17-7-16-12)18-9-5-4-8(2)10(14)6-9/h4-7H,3H2,1-2H3,(H2,15,16,17,18). The fourth-order valence-corrected chi connectivity index (χ4v) is 1.93. The summed E-state index contributed by atoms with van der Waals surface area (Å²) < 4.78 is 0. The SMILES string of the molecule is CCNc1ncnc(Nc2ccc(C)c(Cl)c2)c1[N+](=O)[O-]. The number of anilines is 3. The van der Waals surface area contributed by atoms with Gasteiger partial charge in [0.25, 0.3) is 0 Å². The summed E-state index contributed by atoms with van der Waals surface area (Å²) in [7, 11) is 0. The number of nitro groups is 1. The molecule has 0 aliphatic heterocycles. The highest BCUT2D eigenvalue weighted by Gasteiger charge is 2.22. The molecule has 0 amide bonds. The van der Waals surface area contributed by atoms with Gasteiger partial charge in [-0.2, -0.15) is 0 Å². The molecule has 2 aromatic rings. The molecule has 1 heterocycles. The van der Waals surface area contributed by atoms with Gasteiger partial charge in [0.15, 0.2) is 0 Å². The first-order valence-electron chi connectivity index (χ1n) is 6.29. The highest BCUT2D eigenvalue weighted by molar-refractivity contribution is 6.31. The lowest BCUT2D eigenvalue weighted by molar-refractivity contribution is -0.383. The van der Waals surface area contributed by atoms with Gasteiger partial charge in [0.05, 0.1) is 4.92 Å². The number of nitrogens with zero attached hydrogens (tertiary/aromatic N) is 3. The van der Waals surface area contributed by atoms with Crippen LogP contribution in [0.2, 0.25) is 5.02 Å². The van der Waals surface area contributed by atoms with E-state index in [0.29, 0.717) is 17.3 Å². The average molecular weight is 308 g/mol. The van der Waals surface area contributed by atoms with E-state index in [0.717, 1.165) is 5.56 Å². The van der Waals surface area contributed by atoms with Crippen molar-refractivity contribution in [3.63, 3.8) is 0 Å². The second kappa shape index (κ2) is 6.36. The van der Waals surface area contributed by atoms with Crippen LogP contribution in [0, 0.1) is 17.0 Å². The largest absolute Gasteiger partial charge is 0.364 e. The van der Waals surface area contributed by atoms with Crippen LogP contribution >= 0.6 is 11.6 Å². The maximum absolute atomic E-state index is 11.2. The summed E-state index contributed by atoms with van der Waals surface area (Å²) in [5.41, 5.74) is 1.35. The zero-order chi connectivity index (χ0) is 15.4. The van der Waals surface area contributed by atoms with Crippen LogP contribution in [0.5, 0.6) is 0 Å². The summed E-state index contributed by atoms with van der Waals surface area (Å²) in [6, 6.07) is 5.29. The monoisotopic (exact) mass is 307 g/mol. The van der Waals surface area contributed by atoms with Crippen molar-refractivity contribution in [1.29, 1.82) is 0 Å². The van der Waals surface area contributed by atoms with E-state index in [1.807, 2.05) is 19.9 Å². The highest BCUT2D eigenvalue weighted by Crippen LogP contribution is 2.31. The molecule has 0 fully saturated rings. The van der Waals surface area contributed by atoms with E-state index in [-0.39, 0.29) is 17.3 Å². The van der Waals surface area contributed by atoms with E-state index in [9.17, 15) is 10.1 Å². The molecule has 2 N–H and O–H groups in total. The quantitative estimate of drug-likeness (QED) is 0.648. The molecule has 8 heteroatoms. The third-order valence-electron chi connectivity index (χ3n) is 2.78. The molecule has 7 nitrogen and oxygen atoms in total. The van der Waals surface area contributed by atoms with Gasteiger partial charge < -0.3 is 10.6 Å². The minimum absolute atomic E-state index is 0.117.